The highest BCUT2D eigenvalue weighted by molar-refractivity contribution is 9.10. The minimum atomic E-state index is -0.317. The lowest BCUT2D eigenvalue weighted by atomic mass is 9.82. The quantitative estimate of drug-likeness (QED) is 0.858. The summed E-state index contributed by atoms with van der Waals surface area (Å²) in [5.41, 5.74) is 2.16. The first-order valence-electron chi connectivity index (χ1n) is 8.38. The van der Waals surface area contributed by atoms with Gasteiger partial charge in [-0.15, -0.1) is 0 Å². The molecule has 3 rings (SSSR count). The van der Waals surface area contributed by atoms with E-state index in [0.717, 1.165) is 36.9 Å². The van der Waals surface area contributed by atoms with Gasteiger partial charge in [-0.3, -0.25) is 9.69 Å². The fourth-order valence-electron chi connectivity index (χ4n) is 3.65. The Morgan fingerprint density at radius 1 is 1.21 bits per heavy atom. The summed E-state index contributed by atoms with van der Waals surface area (Å²) >= 11 is 3.56. The Morgan fingerprint density at radius 3 is 2.71 bits per heavy atom. The van der Waals surface area contributed by atoms with Crippen LogP contribution < -0.4 is 5.32 Å². The van der Waals surface area contributed by atoms with Gasteiger partial charge in [-0.25, -0.2) is 0 Å². The Hall–Kier alpha value is -1.65. The molecule has 24 heavy (non-hydrogen) atoms. The average Bonchev–Trinajstić information content (AvgIpc) is 2.55. The maximum atomic E-state index is 11.9. The molecule has 2 aromatic rings. The monoisotopic (exact) mass is 386 g/mol. The molecule has 0 saturated carbocycles. The standard InChI is InChI=1S/C20H23BrN2O/c1-16(24)22-20(18-9-5-10-19(21)13-18)11-6-12-23(15-20)14-17-7-3-2-4-8-17/h2-5,7-10,13H,6,11-12,14-15H2,1H3,(H,22,24). The van der Waals surface area contributed by atoms with Crippen LogP contribution in [0.3, 0.4) is 0 Å². The molecule has 4 heteroatoms. The number of nitrogens with zero attached hydrogens (tertiary/aromatic N) is 1. The maximum Gasteiger partial charge on any atom is 0.217 e. The number of hydrogen-bond donors (Lipinski definition) is 1. The number of halogens is 1. The van der Waals surface area contributed by atoms with E-state index in [-0.39, 0.29) is 11.4 Å². The van der Waals surface area contributed by atoms with Crippen LogP contribution in [0.15, 0.2) is 59.1 Å². The van der Waals surface area contributed by atoms with Crippen LogP contribution in [0.5, 0.6) is 0 Å². The average molecular weight is 387 g/mol. The van der Waals surface area contributed by atoms with E-state index in [9.17, 15) is 4.79 Å². The Labute approximate surface area is 152 Å². The molecule has 1 saturated heterocycles. The number of likely N-dealkylation sites (tertiary alicyclic amines) is 1. The predicted octanol–water partition coefficient (Wildman–Crippen LogP) is 4.08. The molecule has 0 bridgehead atoms. The van der Waals surface area contributed by atoms with Crippen LogP contribution in [-0.2, 0) is 16.9 Å². The van der Waals surface area contributed by atoms with Crippen LogP contribution >= 0.6 is 15.9 Å². The van der Waals surface area contributed by atoms with Gasteiger partial charge in [0.1, 0.15) is 0 Å². The molecule has 1 N–H and O–H groups in total. The minimum Gasteiger partial charge on any atom is -0.346 e. The van der Waals surface area contributed by atoms with E-state index < -0.39 is 0 Å². The molecule has 3 nitrogen and oxygen atoms in total. The second-order valence-electron chi connectivity index (χ2n) is 6.57. The highest BCUT2D eigenvalue weighted by atomic mass is 79.9. The molecular formula is C20H23BrN2O. The van der Waals surface area contributed by atoms with Gasteiger partial charge < -0.3 is 5.32 Å². The smallest absolute Gasteiger partial charge is 0.217 e. The normalized spacial score (nSPS) is 21.4. The third kappa shape index (κ3) is 4.05. The molecule has 2 aromatic carbocycles. The van der Waals surface area contributed by atoms with Crippen LogP contribution in [0.2, 0.25) is 0 Å². The molecule has 0 spiro atoms. The molecule has 1 amide bonds. The van der Waals surface area contributed by atoms with E-state index in [1.165, 1.54) is 11.1 Å². The number of hydrogen-bond acceptors (Lipinski definition) is 2. The summed E-state index contributed by atoms with van der Waals surface area (Å²) in [4.78, 5) is 14.3. The third-order valence-corrected chi connectivity index (χ3v) is 5.11. The number of carbonyl (C=O) groups is 1. The van der Waals surface area contributed by atoms with Crippen molar-refractivity contribution in [1.29, 1.82) is 0 Å². The van der Waals surface area contributed by atoms with Crippen molar-refractivity contribution in [3.63, 3.8) is 0 Å². The lowest BCUT2D eigenvalue weighted by Gasteiger charge is -2.44. The van der Waals surface area contributed by atoms with Crippen molar-refractivity contribution >= 4 is 21.8 Å². The third-order valence-electron chi connectivity index (χ3n) is 4.61. The number of piperidine rings is 1. The fraction of sp³-hybridized carbons (Fsp3) is 0.350. The van der Waals surface area contributed by atoms with E-state index >= 15 is 0 Å². The van der Waals surface area contributed by atoms with Gasteiger partial charge in [-0.1, -0.05) is 58.4 Å². The molecule has 0 radical (unpaired) electrons. The highest BCUT2D eigenvalue weighted by Gasteiger charge is 2.37. The van der Waals surface area contributed by atoms with Crippen LogP contribution in [0.1, 0.15) is 30.9 Å². The lowest BCUT2D eigenvalue weighted by molar-refractivity contribution is -0.121. The van der Waals surface area contributed by atoms with Crippen molar-refractivity contribution in [2.24, 2.45) is 0 Å². The topological polar surface area (TPSA) is 32.3 Å². The van der Waals surface area contributed by atoms with Crippen LogP contribution in [0.4, 0.5) is 0 Å². The summed E-state index contributed by atoms with van der Waals surface area (Å²) in [6.07, 6.45) is 2.04. The van der Waals surface area contributed by atoms with Gasteiger partial charge in [0, 0.05) is 24.5 Å². The second-order valence-corrected chi connectivity index (χ2v) is 7.49. The Bertz CT molecular complexity index is 704. The van der Waals surface area contributed by atoms with Crippen molar-refractivity contribution in [1.82, 2.24) is 10.2 Å². The number of nitrogens with one attached hydrogen (secondary N) is 1. The number of carbonyl (C=O) groups excluding carboxylic acids is 1. The van der Waals surface area contributed by atoms with Crippen molar-refractivity contribution in [3.8, 4) is 0 Å². The zero-order valence-electron chi connectivity index (χ0n) is 14.0. The summed E-state index contributed by atoms with van der Waals surface area (Å²) < 4.78 is 1.05. The molecule has 126 valence electrons. The first-order valence-corrected chi connectivity index (χ1v) is 9.18. The number of amides is 1. The summed E-state index contributed by atoms with van der Waals surface area (Å²) in [5, 5.41) is 3.25. The number of benzene rings is 2. The Balaban J connectivity index is 1.86. The Morgan fingerprint density at radius 2 is 2.00 bits per heavy atom. The van der Waals surface area contributed by atoms with E-state index in [1.54, 1.807) is 6.92 Å². The van der Waals surface area contributed by atoms with Crippen molar-refractivity contribution in [2.45, 2.75) is 31.8 Å². The van der Waals surface area contributed by atoms with E-state index in [4.69, 9.17) is 0 Å². The zero-order valence-corrected chi connectivity index (χ0v) is 15.6. The first-order chi connectivity index (χ1) is 11.6. The van der Waals surface area contributed by atoms with Crippen LogP contribution in [-0.4, -0.2) is 23.9 Å². The highest BCUT2D eigenvalue weighted by Crippen LogP contribution is 2.33. The van der Waals surface area contributed by atoms with Gasteiger partial charge in [-0.05, 0) is 42.6 Å². The number of rotatable bonds is 4. The second kappa shape index (κ2) is 7.49. The van der Waals surface area contributed by atoms with Gasteiger partial charge in [-0.2, -0.15) is 0 Å². The molecule has 0 aliphatic carbocycles. The molecule has 1 heterocycles. The van der Waals surface area contributed by atoms with Crippen molar-refractivity contribution in [3.05, 3.63) is 70.2 Å². The molecule has 0 aromatic heterocycles. The summed E-state index contributed by atoms with van der Waals surface area (Å²) in [6, 6.07) is 18.8. The van der Waals surface area contributed by atoms with Crippen LogP contribution in [0.25, 0.3) is 0 Å². The maximum absolute atomic E-state index is 11.9. The van der Waals surface area contributed by atoms with E-state index in [1.807, 2.05) is 18.2 Å². The summed E-state index contributed by atoms with van der Waals surface area (Å²) in [5.74, 6) is 0.0246. The van der Waals surface area contributed by atoms with E-state index in [2.05, 4.69) is 62.5 Å². The molecular weight excluding hydrogens is 364 g/mol. The predicted molar refractivity (Wildman–Crippen MR) is 101 cm³/mol. The fourth-order valence-corrected chi connectivity index (χ4v) is 4.05. The van der Waals surface area contributed by atoms with E-state index in [0.29, 0.717) is 0 Å². The largest absolute Gasteiger partial charge is 0.346 e. The van der Waals surface area contributed by atoms with Gasteiger partial charge in [0.15, 0.2) is 0 Å². The molecule has 1 aliphatic heterocycles. The molecule has 1 aliphatic rings. The minimum absolute atomic E-state index is 0.0246. The molecule has 1 unspecified atom stereocenters. The lowest BCUT2D eigenvalue weighted by Crippen LogP contribution is -2.55. The van der Waals surface area contributed by atoms with Crippen molar-refractivity contribution < 1.29 is 4.79 Å². The van der Waals surface area contributed by atoms with Gasteiger partial charge >= 0.3 is 0 Å². The van der Waals surface area contributed by atoms with Gasteiger partial charge in [0.25, 0.3) is 0 Å². The summed E-state index contributed by atoms with van der Waals surface area (Å²) in [6.45, 7) is 4.41. The molecule has 1 fully saturated rings. The van der Waals surface area contributed by atoms with Gasteiger partial charge in [0.2, 0.25) is 5.91 Å². The Kier molecular flexibility index (Phi) is 5.36. The van der Waals surface area contributed by atoms with Crippen molar-refractivity contribution in [2.75, 3.05) is 13.1 Å². The first kappa shape index (κ1) is 17.2. The molecule has 1 atom stereocenters. The SMILES string of the molecule is CC(=O)NC1(c2cccc(Br)c2)CCCN(Cc2ccccc2)C1. The summed E-state index contributed by atoms with van der Waals surface area (Å²) in [7, 11) is 0. The zero-order chi connectivity index (χ0) is 17.0. The van der Waals surface area contributed by atoms with Gasteiger partial charge in [0.05, 0.1) is 5.54 Å². The van der Waals surface area contributed by atoms with Crippen LogP contribution in [0, 0.1) is 0 Å².